The molecule has 0 unspecified atom stereocenters. The molecule has 3 aromatic rings. The van der Waals surface area contributed by atoms with Crippen molar-refractivity contribution in [3.63, 3.8) is 0 Å². The highest BCUT2D eigenvalue weighted by atomic mass is 32.2. The lowest BCUT2D eigenvalue weighted by atomic mass is 10.0. The molecule has 1 aromatic carbocycles. The van der Waals surface area contributed by atoms with Crippen molar-refractivity contribution in [2.75, 3.05) is 11.9 Å². The third kappa shape index (κ3) is 3.98. The molecule has 0 radical (unpaired) electrons. The van der Waals surface area contributed by atoms with Crippen LogP contribution in [0.1, 0.15) is 50.7 Å². The van der Waals surface area contributed by atoms with E-state index < -0.39 is 0 Å². The van der Waals surface area contributed by atoms with E-state index in [1.807, 2.05) is 11.8 Å². The molecule has 0 saturated heterocycles. The van der Waals surface area contributed by atoms with Crippen LogP contribution in [0.15, 0.2) is 40.2 Å². The van der Waals surface area contributed by atoms with Crippen molar-refractivity contribution in [3.05, 3.63) is 46.2 Å². The highest BCUT2D eigenvalue weighted by Crippen LogP contribution is 2.51. The molecule has 0 amide bonds. The topological polar surface area (TPSA) is 42.7 Å². The molecule has 0 spiro atoms. The molecule has 148 valence electrons. The Balaban J connectivity index is 1.46. The smallest absolute Gasteiger partial charge is 0.192 e. The van der Waals surface area contributed by atoms with E-state index in [9.17, 15) is 0 Å². The number of hydrogen-bond donors (Lipinski definition) is 1. The zero-order chi connectivity index (χ0) is 19.7. The summed E-state index contributed by atoms with van der Waals surface area (Å²) in [5, 5.41) is 18.0. The van der Waals surface area contributed by atoms with Gasteiger partial charge in [-0.05, 0) is 61.2 Å². The molecule has 28 heavy (non-hydrogen) atoms. The number of thioether (sulfide) groups is 1. The average Bonchev–Trinajstić information content (AvgIpc) is 3.07. The van der Waals surface area contributed by atoms with Gasteiger partial charge in [-0.15, -0.1) is 10.2 Å². The summed E-state index contributed by atoms with van der Waals surface area (Å²) in [4.78, 5) is 0. The number of nitrogens with zero attached hydrogens (tertiary/aromatic N) is 3. The number of benzene rings is 1. The normalized spacial score (nSPS) is 15.2. The van der Waals surface area contributed by atoms with E-state index >= 15 is 0 Å². The predicted octanol–water partition coefficient (Wildman–Crippen LogP) is 6.20. The minimum absolute atomic E-state index is 0.231. The number of rotatable bonds is 8. The van der Waals surface area contributed by atoms with E-state index in [0.29, 0.717) is 5.92 Å². The maximum absolute atomic E-state index is 4.52. The van der Waals surface area contributed by atoms with E-state index in [4.69, 9.17) is 0 Å². The number of nitrogens with one attached hydrogen (secondary N) is 1. The Morgan fingerprint density at radius 3 is 2.68 bits per heavy atom. The summed E-state index contributed by atoms with van der Waals surface area (Å²) in [7, 11) is 0. The first kappa shape index (κ1) is 19.5. The van der Waals surface area contributed by atoms with Crippen LogP contribution in [0.4, 0.5) is 5.69 Å². The van der Waals surface area contributed by atoms with Crippen molar-refractivity contribution in [2.45, 2.75) is 62.9 Å². The second-order valence-electron chi connectivity index (χ2n) is 7.93. The van der Waals surface area contributed by atoms with Crippen LogP contribution in [0.3, 0.4) is 0 Å². The van der Waals surface area contributed by atoms with Crippen LogP contribution in [-0.4, -0.2) is 26.1 Å². The Morgan fingerprint density at radius 1 is 1.25 bits per heavy atom. The number of thiophene rings is 1. The van der Waals surface area contributed by atoms with Gasteiger partial charge < -0.3 is 9.88 Å². The number of aromatic nitrogens is 3. The molecular weight excluding hydrogens is 384 g/mol. The van der Waals surface area contributed by atoms with Crippen LogP contribution in [-0.2, 0) is 6.54 Å². The number of aryl methyl sites for hydroxylation is 1. The summed E-state index contributed by atoms with van der Waals surface area (Å²) in [5.41, 5.74) is 5.13. The first-order chi connectivity index (χ1) is 13.5. The van der Waals surface area contributed by atoms with Crippen LogP contribution >= 0.6 is 23.1 Å². The lowest BCUT2D eigenvalue weighted by molar-refractivity contribution is 0.684. The number of anilines is 1. The lowest BCUT2D eigenvalue weighted by Gasteiger charge is -2.18. The molecule has 1 saturated carbocycles. The van der Waals surface area contributed by atoms with Crippen molar-refractivity contribution in [2.24, 2.45) is 0 Å². The Morgan fingerprint density at radius 2 is 2.07 bits per heavy atom. The lowest BCUT2D eigenvalue weighted by Crippen LogP contribution is -2.19. The van der Waals surface area contributed by atoms with E-state index in [2.05, 4.69) is 82.8 Å². The molecule has 1 aliphatic carbocycles. The average molecular weight is 413 g/mol. The molecule has 4 rings (SSSR count). The molecule has 6 heteroatoms. The van der Waals surface area contributed by atoms with Crippen LogP contribution in [0, 0.1) is 6.92 Å². The molecule has 0 aliphatic heterocycles. The van der Waals surface area contributed by atoms with Crippen LogP contribution in [0.2, 0.25) is 0 Å². The fraction of sp³-hybridized carbons (Fsp3) is 0.455. The highest BCUT2D eigenvalue weighted by molar-refractivity contribution is 8.00. The van der Waals surface area contributed by atoms with Crippen molar-refractivity contribution in [3.8, 4) is 11.4 Å². The zero-order valence-corrected chi connectivity index (χ0v) is 18.7. The summed E-state index contributed by atoms with van der Waals surface area (Å²) in [5.74, 6) is 1.55. The highest BCUT2D eigenvalue weighted by Gasteiger charge is 2.45. The molecule has 1 aliphatic rings. The van der Waals surface area contributed by atoms with Crippen LogP contribution in [0.5, 0.6) is 0 Å². The minimum Gasteiger partial charge on any atom is -0.383 e. The first-order valence-electron chi connectivity index (χ1n) is 10.0. The SMILES string of the molecule is CCn1c(SC2(CNc3ccc(C(C)C)cc3C)CC2)nnc1-c1ccsc1. The largest absolute Gasteiger partial charge is 0.383 e. The van der Waals surface area contributed by atoms with E-state index in [-0.39, 0.29) is 4.75 Å². The van der Waals surface area contributed by atoms with Gasteiger partial charge in [-0.2, -0.15) is 11.3 Å². The van der Waals surface area contributed by atoms with Crippen molar-refractivity contribution >= 4 is 28.8 Å². The molecule has 0 atom stereocenters. The summed E-state index contributed by atoms with van der Waals surface area (Å²) in [6, 6.07) is 8.90. The summed E-state index contributed by atoms with van der Waals surface area (Å²) < 4.78 is 2.48. The molecule has 2 aromatic heterocycles. The van der Waals surface area contributed by atoms with E-state index in [0.717, 1.165) is 29.6 Å². The van der Waals surface area contributed by atoms with Gasteiger partial charge in [0.2, 0.25) is 0 Å². The molecular formula is C22H28N4S2. The van der Waals surface area contributed by atoms with Gasteiger partial charge in [0.15, 0.2) is 11.0 Å². The van der Waals surface area contributed by atoms with Gasteiger partial charge in [-0.25, -0.2) is 0 Å². The van der Waals surface area contributed by atoms with Gasteiger partial charge >= 0.3 is 0 Å². The van der Waals surface area contributed by atoms with E-state index in [1.165, 1.54) is 29.7 Å². The fourth-order valence-electron chi connectivity index (χ4n) is 3.40. The number of hydrogen-bond acceptors (Lipinski definition) is 5. The minimum atomic E-state index is 0.231. The Bertz CT molecular complexity index is 940. The fourth-order valence-corrected chi connectivity index (χ4v) is 5.28. The molecule has 4 nitrogen and oxygen atoms in total. The van der Waals surface area contributed by atoms with Crippen molar-refractivity contribution in [1.29, 1.82) is 0 Å². The van der Waals surface area contributed by atoms with Crippen LogP contribution < -0.4 is 5.32 Å². The Labute approximate surface area is 175 Å². The zero-order valence-electron chi connectivity index (χ0n) is 17.0. The van der Waals surface area contributed by atoms with Gasteiger partial charge in [-0.1, -0.05) is 37.7 Å². The van der Waals surface area contributed by atoms with Gasteiger partial charge in [0.25, 0.3) is 0 Å². The molecule has 1 N–H and O–H groups in total. The van der Waals surface area contributed by atoms with Gasteiger partial charge in [0.1, 0.15) is 0 Å². The van der Waals surface area contributed by atoms with Crippen molar-refractivity contribution in [1.82, 2.24) is 14.8 Å². The third-order valence-corrected chi connectivity index (χ3v) is 7.60. The third-order valence-electron chi connectivity index (χ3n) is 5.45. The van der Waals surface area contributed by atoms with Gasteiger partial charge in [0.05, 0.1) is 0 Å². The Kier molecular flexibility index (Phi) is 5.52. The maximum atomic E-state index is 4.52. The van der Waals surface area contributed by atoms with Gasteiger partial charge in [0, 0.05) is 34.5 Å². The molecule has 0 bridgehead atoms. The standard InChI is InChI=1S/C22H28N4S2/c1-5-26-20(18-8-11-27-13-18)24-25-21(26)28-22(9-10-22)14-23-19-7-6-17(15(2)3)12-16(19)4/h6-8,11-13,15,23H,5,9-10,14H2,1-4H3. The van der Waals surface area contributed by atoms with Gasteiger partial charge in [-0.3, -0.25) is 0 Å². The molecule has 2 heterocycles. The summed E-state index contributed by atoms with van der Waals surface area (Å²) >= 11 is 3.59. The van der Waals surface area contributed by atoms with Crippen LogP contribution in [0.25, 0.3) is 11.4 Å². The summed E-state index contributed by atoms with van der Waals surface area (Å²) in [6.07, 6.45) is 2.44. The second kappa shape index (κ2) is 7.91. The predicted molar refractivity (Wildman–Crippen MR) is 121 cm³/mol. The summed E-state index contributed by atoms with van der Waals surface area (Å²) in [6.45, 7) is 10.7. The quantitative estimate of drug-likeness (QED) is 0.479. The first-order valence-corrected chi connectivity index (χ1v) is 11.8. The van der Waals surface area contributed by atoms with E-state index in [1.54, 1.807) is 11.3 Å². The second-order valence-corrected chi connectivity index (χ2v) is 10.1. The maximum Gasteiger partial charge on any atom is 0.192 e. The Hall–Kier alpha value is -1.79. The monoisotopic (exact) mass is 412 g/mol. The molecule has 1 fully saturated rings. The van der Waals surface area contributed by atoms with Crippen molar-refractivity contribution < 1.29 is 0 Å².